The predicted molar refractivity (Wildman–Crippen MR) is 96.6 cm³/mol. The van der Waals surface area contributed by atoms with Crippen LogP contribution in [-0.4, -0.2) is 29.2 Å². The number of hydrogen-bond acceptors (Lipinski definition) is 6. The van der Waals surface area contributed by atoms with Crippen molar-refractivity contribution in [2.45, 2.75) is 20.0 Å². The van der Waals surface area contributed by atoms with Gasteiger partial charge in [0.2, 0.25) is 5.95 Å². The Balaban J connectivity index is 2.15. The molecule has 2 aromatic rings. The van der Waals surface area contributed by atoms with Crippen LogP contribution in [0, 0.1) is 0 Å². The van der Waals surface area contributed by atoms with E-state index >= 15 is 0 Å². The van der Waals surface area contributed by atoms with Gasteiger partial charge in [-0.3, -0.25) is 5.32 Å². The van der Waals surface area contributed by atoms with Crippen molar-refractivity contribution < 1.29 is 9.53 Å². The second-order valence-electron chi connectivity index (χ2n) is 5.04. The molecular formula is C15H17Cl2N5O2. The van der Waals surface area contributed by atoms with Crippen LogP contribution in [0.4, 0.5) is 27.9 Å². The minimum absolute atomic E-state index is 0.223. The van der Waals surface area contributed by atoms with Crippen LogP contribution in [0.2, 0.25) is 10.0 Å². The molecule has 0 fully saturated rings. The Labute approximate surface area is 149 Å². The fraction of sp³-hybridized carbons (Fsp3) is 0.267. The Morgan fingerprint density at radius 2 is 2.00 bits per heavy atom. The Bertz CT molecular complexity index is 740. The minimum Gasteiger partial charge on any atom is -0.447 e. The summed E-state index contributed by atoms with van der Waals surface area (Å²) in [5.74, 6) is 0.772. The number of rotatable bonds is 5. The monoisotopic (exact) mass is 369 g/mol. The first kappa shape index (κ1) is 18.1. The molecule has 0 aliphatic carbocycles. The molecule has 0 aliphatic heterocycles. The van der Waals surface area contributed by atoms with E-state index in [-0.39, 0.29) is 6.10 Å². The van der Waals surface area contributed by atoms with Gasteiger partial charge in [0.15, 0.2) is 5.82 Å². The van der Waals surface area contributed by atoms with E-state index in [1.807, 2.05) is 0 Å². The van der Waals surface area contributed by atoms with Crippen LogP contribution in [-0.2, 0) is 4.74 Å². The topological polar surface area (TPSA) is 88.2 Å². The molecule has 0 spiro atoms. The highest BCUT2D eigenvalue weighted by Crippen LogP contribution is 2.27. The number of ether oxygens (including phenoxy) is 1. The average Bonchev–Trinajstić information content (AvgIpc) is 2.51. The molecule has 7 nitrogen and oxygen atoms in total. The normalized spacial score (nSPS) is 10.4. The number of benzene rings is 1. The van der Waals surface area contributed by atoms with Gasteiger partial charge in [-0.25, -0.2) is 9.78 Å². The molecule has 0 aliphatic rings. The maximum atomic E-state index is 11.7. The van der Waals surface area contributed by atoms with E-state index in [0.717, 1.165) is 0 Å². The first-order chi connectivity index (χ1) is 11.4. The van der Waals surface area contributed by atoms with Crippen LogP contribution in [0.15, 0.2) is 24.4 Å². The number of carbonyl (C=O) groups is 1. The number of amides is 1. The van der Waals surface area contributed by atoms with E-state index in [1.54, 1.807) is 39.1 Å². The smallest absolute Gasteiger partial charge is 0.412 e. The Morgan fingerprint density at radius 1 is 1.25 bits per heavy atom. The van der Waals surface area contributed by atoms with Gasteiger partial charge in [-0.05, 0) is 32.0 Å². The lowest BCUT2D eigenvalue weighted by molar-refractivity contribution is 0.130. The van der Waals surface area contributed by atoms with Crippen LogP contribution in [0.5, 0.6) is 0 Å². The lowest BCUT2D eigenvalue weighted by atomic mass is 10.3. The zero-order valence-corrected chi connectivity index (χ0v) is 14.9. The highest BCUT2D eigenvalue weighted by atomic mass is 35.5. The molecule has 0 bridgehead atoms. The van der Waals surface area contributed by atoms with Crippen molar-refractivity contribution in [2.75, 3.05) is 23.0 Å². The molecule has 0 saturated carbocycles. The molecule has 0 atom stereocenters. The molecule has 0 radical (unpaired) electrons. The standard InChI is InChI=1S/C15H17Cl2N5O2/c1-8(2)24-15(23)21-12-7-19-14(22-13(12)18-3)20-9-4-5-10(16)11(17)6-9/h4-8H,1-3H3,(H,21,23)(H2,18,19,20,22). The number of nitrogens with zero attached hydrogens (tertiary/aromatic N) is 2. The van der Waals surface area contributed by atoms with Crippen LogP contribution < -0.4 is 16.0 Å². The Hall–Kier alpha value is -2.25. The quantitative estimate of drug-likeness (QED) is 0.717. The van der Waals surface area contributed by atoms with E-state index in [9.17, 15) is 4.79 Å². The maximum Gasteiger partial charge on any atom is 0.412 e. The molecule has 24 heavy (non-hydrogen) atoms. The highest BCUT2D eigenvalue weighted by molar-refractivity contribution is 6.42. The Kier molecular flexibility index (Phi) is 6.05. The van der Waals surface area contributed by atoms with E-state index in [1.165, 1.54) is 6.20 Å². The second kappa shape index (κ2) is 8.03. The third-order valence-corrected chi connectivity index (χ3v) is 3.52. The molecule has 128 valence electrons. The van der Waals surface area contributed by atoms with Gasteiger partial charge >= 0.3 is 6.09 Å². The molecule has 1 heterocycles. The van der Waals surface area contributed by atoms with Crippen LogP contribution in [0.25, 0.3) is 0 Å². The molecule has 9 heteroatoms. The van der Waals surface area contributed by atoms with Gasteiger partial charge in [0, 0.05) is 12.7 Å². The number of halogens is 2. The zero-order chi connectivity index (χ0) is 17.7. The van der Waals surface area contributed by atoms with Crippen molar-refractivity contribution in [3.63, 3.8) is 0 Å². The number of hydrogen-bond donors (Lipinski definition) is 3. The summed E-state index contributed by atoms with van der Waals surface area (Å²) in [6.07, 6.45) is 0.676. The molecule has 2 rings (SSSR count). The van der Waals surface area contributed by atoms with Gasteiger partial charge < -0.3 is 15.4 Å². The fourth-order valence-corrected chi connectivity index (χ4v) is 2.08. The van der Waals surface area contributed by atoms with Gasteiger partial charge in [-0.15, -0.1) is 0 Å². The third kappa shape index (κ3) is 4.87. The van der Waals surface area contributed by atoms with Gasteiger partial charge in [0.1, 0.15) is 5.69 Å². The van der Waals surface area contributed by atoms with Gasteiger partial charge in [0.05, 0.1) is 22.3 Å². The number of nitrogens with one attached hydrogen (secondary N) is 3. The summed E-state index contributed by atoms with van der Waals surface area (Å²) >= 11 is 11.9. The minimum atomic E-state index is -0.574. The second-order valence-corrected chi connectivity index (χ2v) is 5.85. The summed E-state index contributed by atoms with van der Waals surface area (Å²) in [4.78, 5) is 20.1. The Morgan fingerprint density at radius 3 is 2.62 bits per heavy atom. The maximum absolute atomic E-state index is 11.7. The molecular weight excluding hydrogens is 353 g/mol. The zero-order valence-electron chi connectivity index (χ0n) is 13.4. The third-order valence-electron chi connectivity index (χ3n) is 2.78. The molecule has 1 aromatic heterocycles. The summed E-state index contributed by atoms with van der Waals surface area (Å²) in [5.41, 5.74) is 1.09. The van der Waals surface area contributed by atoms with E-state index in [0.29, 0.717) is 33.2 Å². The van der Waals surface area contributed by atoms with E-state index in [4.69, 9.17) is 27.9 Å². The van der Waals surface area contributed by atoms with E-state index in [2.05, 4.69) is 25.9 Å². The molecule has 0 saturated heterocycles. The number of aromatic nitrogens is 2. The van der Waals surface area contributed by atoms with Gasteiger partial charge in [-0.2, -0.15) is 4.98 Å². The lowest BCUT2D eigenvalue weighted by Gasteiger charge is -2.13. The summed E-state index contributed by atoms with van der Waals surface area (Å²) in [5, 5.41) is 9.37. The lowest BCUT2D eigenvalue weighted by Crippen LogP contribution is -2.19. The molecule has 0 unspecified atom stereocenters. The van der Waals surface area contributed by atoms with Crippen LogP contribution >= 0.6 is 23.2 Å². The molecule has 1 amide bonds. The van der Waals surface area contributed by atoms with Gasteiger partial charge in [0.25, 0.3) is 0 Å². The van der Waals surface area contributed by atoms with Crippen LogP contribution in [0.3, 0.4) is 0 Å². The molecule has 1 aromatic carbocycles. The van der Waals surface area contributed by atoms with Crippen molar-refractivity contribution >= 4 is 52.4 Å². The SMILES string of the molecule is CNc1nc(Nc2ccc(Cl)c(Cl)c2)ncc1NC(=O)OC(C)C. The van der Waals surface area contributed by atoms with Crippen molar-refractivity contribution in [1.29, 1.82) is 0 Å². The van der Waals surface area contributed by atoms with Crippen molar-refractivity contribution in [3.05, 3.63) is 34.4 Å². The highest BCUT2D eigenvalue weighted by Gasteiger charge is 2.12. The molecule has 3 N–H and O–H groups in total. The van der Waals surface area contributed by atoms with Crippen molar-refractivity contribution in [3.8, 4) is 0 Å². The largest absolute Gasteiger partial charge is 0.447 e. The summed E-state index contributed by atoms with van der Waals surface area (Å²) in [6, 6.07) is 5.09. The first-order valence-electron chi connectivity index (χ1n) is 7.13. The summed E-state index contributed by atoms with van der Waals surface area (Å²) in [6.45, 7) is 3.53. The predicted octanol–water partition coefficient (Wildman–Crippen LogP) is 4.53. The summed E-state index contributed by atoms with van der Waals surface area (Å²) in [7, 11) is 1.68. The van der Waals surface area contributed by atoms with E-state index < -0.39 is 6.09 Å². The van der Waals surface area contributed by atoms with Gasteiger partial charge in [-0.1, -0.05) is 23.2 Å². The van der Waals surface area contributed by atoms with Crippen molar-refractivity contribution in [2.24, 2.45) is 0 Å². The van der Waals surface area contributed by atoms with Crippen molar-refractivity contribution in [1.82, 2.24) is 9.97 Å². The average molecular weight is 370 g/mol. The number of carbonyl (C=O) groups excluding carboxylic acids is 1. The summed E-state index contributed by atoms with van der Waals surface area (Å²) < 4.78 is 5.03. The van der Waals surface area contributed by atoms with Crippen LogP contribution in [0.1, 0.15) is 13.8 Å². The number of anilines is 4. The fourth-order valence-electron chi connectivity index (χ4n) is 1.78. The first-order valence-corrected chi connectivity index (χ1v) is 7.89.